The van der Waals surface area contributed by atoms with Crippen LogP contribution in [-0.4, -0.2) is 30.2 Å². The van der Waals surface area contributed by atoms with Gasteiger partial charge in [-0.05, 0) is 31.9 Å². The van der Waals surface area contributed by atoms with E-state index in [-0.39, 0.29) is 12.2 Å². The zero-order valence-electron chi connectivity index (χ0n) is 10.8. The van der Waals surface area contributed by atoms with Gasteiger partial charge in [-0.2, -0.15) is 0 Å². The minimum atomic E-state index is -0.210. The normalized spacial score (nSPS) is 19.1. The third kappa shape index (κ3) is 3.23. The molecule has 18 heavy (non-hydrogen) atoms. The van der Waals surface area contributed by atoms with Crippen LogP contribution in [0.15, 0.2) is 24.3 Å². The van der Waals surface area contributed by atoms with Gasteiger partial charge in [0.2, 0.25) is 0 Å². The third-order valence-corrected chi connectivity index (χ3v) is 3.14. The second-order valence-electron chi connectivity index (χ2n) is 4.81. The molecule has 2 rings (SSSR count). The van der Waals surface area contributed by atoms with E-state index in [0.29, 0.717) is 19.6 Å². The Kier molecular flexibility index (Phi) is 4.20. The van der Waals surface area contributed by atoms with Gasteiger partial charge in [-0.15, -0.1) is 0 Å². The van der Waals surface area contributed by atoms with Crippen LogP contribution >= 0.6 is 0 Å². The summed E-state index contributed by atoms with van der Waals surface area (Å²) in [5.41, 5.74) is 7.81. The lowest BCUT2D eigenvalue weighted by atomic mass is 10.1. The molecule has 0 spiro atoms. The lowest BCUT2D eigenvalue weighted by Gasteiger charge is -2.13. The number of ether oxygens (including phenoxy) is 1. The quantitative estimate of drug-likeness (QED) is 0.867. The van der Waals surface area contributed by atoms with Crippen molar-refractivity contribution in [2.75, 3.05) is 13.1 Å². The second-order valence-corrected chi connectivity index (χ2v) is 4.81. The van der Waals surface area contributed by atoms with Crippen molar-refractivity contribution in [1.82, 2.24) is 4.90 Å². The summed E-state index contributed by atoms with van der Waals surface area (Å²) in [5, 5.41) is 0. The molecule has 4 nitrogen and oxygen atoms in total. The molecule has 0 aliphatic carbocycles. The van der Waals surface area contributed by atoms with Crippen LogP contribution < -0.4 is 5.73 Å². The van der Waals surface area contributed by atoms with Crippen LogP contribution in [0, 0.1) is 6.92 Å². The Balaban J connectivity index is 1.92. The largest absolute Gasteiger partial charge is 0.444 e. The van der Waals surface area contributed by atoms with Gasteiger partial charge < -0.3 is 15.4 Å². The summed E-state index contributed by atoms with van der Waals surface area (Å²) >= 11 is 0. The highest BCUT2D eigenvalue weighted by Crippen LogP contribution is 2.18. The number of hydrogen-bond acceptors (Lipinski definition) is 3. The predicted molar refractivity (Wildman–Crippen MR) is 70.1 cm³/mol. The molecule has 1 aromatic rings. The van der Waals surface area contributed by atoms with E-state index in [9.17, 15) is 4.79 Å². The molecule has 0 saturated carbocycles. The average Bonchev–Trinajstić information content (AvgIpc) is 2.68. The highest BCUT2D eigenvalue weighted by atomic mass is 16.6. The highest BCUT2D eigenvalue weighted by Gasteiger charge is 2.30. The molecule has 1 amide bonds. The van der Waals surface area contributed by atoms with Crippen molar-refractivity contribution in [3.63, 3.8) is 0 Å². The van der Waals surface area contributed by atoms with Gasteiger partial charge in [0.1, 0.15) is 6.10 Å². The molecular weight excluding hydrogens is 228 g/mol. The van der Waals surface area contributed by atoms with Crippen LogP contribution in [0.1, 0.15) is 24.0 Å². The highest BCUT2D eigenvalue weighted by molar-refractivity contribution is 5.69. The molecule has 98 valence electrons. The molecule has 2 N–H and O–H groups in total. The monoisotopic (exact) mass is 248 g/mol. The molecule has 0 bridgehead atoms. The van der Waals surface area contributed by atoms with Crippen molar-refractivity contribution < 1.29 is 9.53 Å². The molecule has 1 saturated heterocycles. The fourth-order valence-corrected chi connectivity index (χ4v) is 2.23. The summed E-state index contributed by atoms with van der Waals surface area (Å²) in [5.74, 6) is 0. The van der Waals surface area contributed by atoms with Crippen molar-refractivity contribution in [1.29, 1.82) is 0 Å². The predicted octanol–water partition coefficient (Wildman–Crippen LogP) is 2.05. The molecule has 1 fully saturated rings. The minimum Gasteiger partial charge on any atom is -0.444 e. The summed E-state index contributed by atoms with van der Waals surface area (Å²) < 4.78 is 5.31. The van der Waals surface area contributed by atoms with Gasteiger partial charge in [0, 0.05) is 6.54 Å². The van der Waals surface area contributed by atoms with Crippen LogP contribution in [0.5, 0.6) is 0 Å². The van der Waals surface area contributed by atoms with Gasteiger partial charge in [0.05, 0.1) is 6.54 Å². The fraction of sp³-hybridized carbons (Fsp3) is 0.500. The lowest BCUT2D eigenvalue weighted by Crippen LogP contribution is -2.24. The number of amides is 1. The molecule has 4 heteroatoms. The maximum Gasteiger partial charge on any atom is 0.410 e. The molecule has 1 atom stereocenters. The summed E-state index contributed by atoms with van der Waals surface area (Å²) in [7, 11) is 0. The Morgan fingerprint density at radius 2 is 2.33 bits per heavy atom. The molecule has 0 radical (unpaired) electrons. The number of aryl methyl sites for hydroxylation is 1. The van der Waals surface area contributed by atoms with E-state index in [1.807, 2.05) is 12.1 Å². The number of cyclic esters (lactones) is 1. The SMILES string of the molecule is Cc1cccc(CN2CC(CCCN)OC2=O)c1. The zero-order valence-corrected chi connectivity index (χ0v) is 10.8. The Hall–Kier alpha value is -1.55. The Morgan fingerprint density at radius 1 is 1.50 bits per heavy atom. The van der Waals surface area contributed by atoms with Gasteiger partial charge in [-0.25, -0.2) is 4.79 Å². The maximum absolute atomic E-state index is 11.7. The molecule has 1 aliphatic rings. The average molecular weight is 248 g/mol. The number of carbonyl (C=O) groups excluding carboxylic acids is 1. The second kappa shape index (κ2) is 5.87. The van der Waals surface area contributed by atoms with Gasteiger partial charge in [0.25, 0.3) is 0 Å². The number of nitrogens with zero attached hydrogens (tertiary/aromatic N) is 1. The van der Waals surface area contributed by atoms with Crippen LogP contribution in [0.3, 0.4) is 0 Å². The van der Waals surface area contributed by atoms with Crippen molar-refractivity contribution in [2.24, 2.45) is 5.73 Å². The van der Waals surface area contributed by atoms with Gasteiger partial charge in [-0.1, -0.05) is 29.8 Å². The Labute approximate surface area is 108 Å². The number of hydrogen-bond donors (Lipinski definition) is 1. The van der Waals surface area contributed by atoms with Gasteiger partial charge >= 0.3 is 6.09 Å². The van der Waals surface area contributed by atoms with E-state index in [0.717, 1.165) is 18.4 Å². The van der Waals surface area contributed by atoms with Crippen molar-refractivity contribution in [2.45, 2.75) is 32.4 Å². The standard InChI is InChI=1S/C14H20N2O2/c1-11-4-2-5-12(8-11)9-16-10-13(6-3-7-15)18-14(16)17/h2,4-5,8,13H,3,6-7,9-10,15H2,1H3. The van der Waals surface area contributed by atoms with E-state index in [2.05, 4.69) is 19.1 Å². The molecule has 1 unspecified atom stereocenters. The number of rotatable bonds is 5. The molecule has 1 aliphatic heterocycles. The first kappa shape index (κ1) is 12.9. The van der Waals surface area contributed by atoms with Crippen molar-refractivity contribution in [3.05, 3.63) is 35.4 Å². The zero-order chi connectivity index (χ0) is 13.0. The minimum absolute atomic E-state index is 0.00543. The summed E-state index contributed by atoms with van der Waals surface area (Å²) in [6.45, 7) is 3.99. The number of benzene rings is 1. The Morgan fingerprint density at radius 3 is 3.06 bits per heavy atom. The fourth-order valence-electron chi connectivity index (χ4n) is 2.23. The van der Waals surface area contributed by atoms with Gasteiger partial charge in [0.15, 0.2) is 0 Å². The van der Waals surface area contributed by atoms with Crippen molar-refractivity contribution >= 4 is 6.09 Å². The van der Waals surface area contributed by atoms with E-state index in [1.165, 1.54) is 5.56 Å². The lowest BCUT2D eigenvalue weighted by molar-refractivity contribution is 0.127. The Bertz CT molecular complexity index is 420. The first-order valence-corrected chi connectivity index (χ1v) is 6.40. The molecule has 1 heterocycles. The number of carbonyl (C=O) groups is 1. The third-order valence-electron chi connectivity index (χ3n) is 3.14. The smallest absolute Gasteiger partial charge is 0.410 e. The summed E-state index contributed by atoms with van der Waals surface area (Å²) in [6.07, 6.45) is 1.55. The molecule has 0 aromatic heterocycles. The van der Waals surface area contributed by atoms with E-state index < -0.39 is 0 Å². The first-order chi connectivity index (χ1) is 8.69. The summed E-state index contributed by atoms with van der Waals surface area (Å²) in [6, 6.07) is 8.20. The first-order valence-electron chi connectivity index (χ1n) is 6.40. The van der Waals surface area contributed by atoms with E-state index >= 15 is 0 Å². The van der Waals surface area contributed by atoms with E-state index in [4.69, 9.17) is 10.5 Å². The maximum atomic E-state index is 11.7. The van der Waals surface area contributed by atoms with Crippen LogP contribution in [0.4, 0.5) is 4.79 Å². The van der Waals surface area contributed by atoms with Crippen molar-refractivity contribution in [3.8, 4) is 0 Å². The molecular formula is C14H20N2O2. The van der Waals surface area contributed by atoms with Crippen LogP contribution in [0.25, 0.3) is 0 Å². The van der Waals surface area contributed by atoms with E-state index in [1.54, 1.807) is 4.90 Å². The number of nitrogens with two attached hydrogens (primary N) is 1. The van der Waals surface area contributed by atoms with Gasteiger partial charge in [-0.3, -0.25) is 0 Å². The van der Waals surface area contributed by atoms with Crippen LogP contribution in [0.2, 0.25) is 0 Å². The molecule has 1 aromatic carbocycles. The summed E-state index contributed by atoms with van der Waals surface area (Å²) in [4.78, 5) is 13.5. The topological polar surface area (TPSA) is 55.6 Å². The van der Waals surface area contributed by atoms with Crippen LogP contribution in [-0.2, 0) is 11.3 Å².